The molecular formula is C24H18N4O7. The number of fused-ring (bicyclic) bond motifs is 2. The van der Waals surface area contributed by atoms with E-state index in [9.17, 15) is 19.2 Å². The lowest BCUT2D eigenvalue weighted by Crippen LogP contribution is -2.29. The second-order valence-corrected chi connectivity index (χ2v) is 7.79. The molecule has 0 bridgehead atoms. The van der Waals surface area contributed by atoms with Gasteiger partial charge in [0.15, 0.2) is 5.78 Å². The molecule has 5 rings (SSSR count). The van der Waals surface area contributed by atoms with Crippen LogP contribution in [0.4, 0.5) is 5.69 Å². The summed E-state index contributed by atoms with van der Waals surface area (Å²) in [6.07, 6.45) is 1.48. The highest BCUT2D eigenvalue weighted by Crippen LogP contribution is 2.33. The van der Waals surface area contributed by atoms with Crippen LogP contribution in [0.2, 0.25) is 0 Å². The second kappa shape index (κ2) is 8.52. The highest BCUT2D eigenvalue weighted by atomic mass is 16.5. The molecule has 0 unspecified atom stereocenters. The van der Waals surface area contributed by atoms with Gasteiger partial charge in [-0.15, -0.1) is 5.10 Å². The van der Waals surface area contributed by atoms with Crippen LogP contribution in [0, 0.1) is 0 Å². The number of Topliss-reactive ketones (excluding diaryl/α,β-unsaturated/α-hetero) is 2. The van der Waals surface area contributed by atoms with Crippen LogP contribution in [0.3, 0.4) is 0 Å². The number of rotatable bonds is 7. The first-order valence-electron chi connectivity index (χ1n) is 10.5. The minimum absolute atomic E-state index is 0.0179. The number of ketones is 2. The summed E-state index contributed by atoms with van der Waals surface area (Å²) in [6.45, 7) is -0.288. The lowest BCUT2D eigenvalue weighted by atomic mass is 10.1. The molecule has 2 aromatic heterocycles. The van der Waals surface area contributed by atoms with E-state index in [1.807, 2.05) is 0 Å². The molecule has 0 saturated carbocycles. The van der Waals surface area contributed by atoms with Gasteiger partial charge in [-0.1, -0.05) is 5.21 Å². The van der Waals surface area contributed by atoms with E-state index >= 15 is 0 Å². The summed E-state index contributed by atoms with van der Waals surface area (Å²) < 4.78 is 16.8. The summed E-state index contributed by atoms with van der Waals surface area (Å²) >= 11 is 0. The molecule has 3 heterocycles. The van der Waals surface area contributed by atoms with E-state index in [1.54, 1.807) is 30.3 Å². The monoisotopic (exact) mass is 474 g/mol. The smallest absolute Gasteiger partial charge is 0.347 e. The number of benzene rings is 2. The summed E-state index contributed by atoms with van der Waals surface area (Å²) in [4.78, 5) is 51.3. The van der Waals surface area contributed by atoms with Gasteiger partial charge < -0.3 is 13.9 Å². The number of nitrogens with zero attached hydrogens (tertiary/aromatic N) is 4. The Labute approximate surface area is 197 Å². The zero-order valence-corrected chi connectivity index (χ0v) is 18.7. The van der Waals surface area contributed by atoms with E-state index in [1.165, 1.54) is 42.1 Å². The number of carbonyl (C=O) groups excluding carboxylic acids is 3. The Morgan fingerprint density at radius 3 is 2.51 bits per heavy atom. The molecule has 1 aliphatic heterocycles. The van der Waals surface area contributed by atoms with Gasteiger partial charge in [-0.25, -0.2) is 9.48 Å². The second-order valence-electron chi connectivity index (χ2n) is 7.79. The maximum Gasteiger partial charge on any atom is 0.347 e. The first-order chi connectivity index (χ1) is 16.9. The van der Waals surface area contributed by atoms with Gasteiger partial charge >= 0.3 is 5.63 Å². The number of anilines is 1. The maximum atomic E-state index is 12.8. The van der Waals surface area contributed by atoms with Gasteiger partial charge in [0.25, 0.3) is 11.7 Å². The molecule has 11 heteroatoms. The Morgan fingerprint density at radius 2 is 1.74 bits per heavy atom. The van der Waals surface area contributed by atoms with Crippen molar-refractivity contribution in [2.45, 2.75) is 13.1 Å². The van der Waals surface area contributed by atoms with Crippen molar-refractivity contribution in [1.29, 1.82) is 0 Å². The fraction of sp³-hybridized carbons (Fsp3) is 0.167. The Kier molecular flexibility index (Phi) is 5.36. The number of ether oxygens (including phenoxy) is 2. The topological polar surface area (TPSA) is 134 Å². The molecule has 176 valence electrons. The third-order valence-electron chi connectivity index (χ3n) is 5.63. The first-order valence-corrected chi connectivity index (χ1v) is 10.5. The van der Waals surface area contributed by atoms with E-state index in [-0.39, 0.29) is 24.2 Å². The van der Waals surface area contributed by atoms with E-state index in [2.05, 4.69) is 10.3 Å². The lowest BCUT2D eigenvalue weighted by molar-refractivity contribution is -0.114. The minimum Gasteiger partial charge on any atom is -0.497 e. The predicted molar refractivity (Wildman–Crippen MR) is 122 cm³/mol. The third kappa shape index (κ3) is 3.92. The predicted octanol–water partition coefficient (Wildman–Crippen LogP) is 2.01. The molecule has 2 aromatic carbocycles. The van der Waals surface area contributed by atoms with E-state index < -0.39 is 23.1 Å². The molecule has 0 saturated heterocycles. The zero-order valence-electron chi connectivity index (χ0n) is 18.7. The number of hydrogen-bond donors (Lipinski definition) is 0. The van der Waals surface area contributed by atoms with Gasteiger partial charge in [0, 0.05) is 5.39 Å². The molecule has 11 nitrogen and oxygen atoms in total. The maximum absolute atomic E-state index is 12.8. The summed E-state index contributed by atoms with van der Waals surface area (Å²) in [6, 6.07) is 11.1. The molecule has 35 heavy (non-hydrogen) atoms. The average molecular weight is 474 g/mol. The molecule has 4 aromatic rings. The summed E-state index contributed by atoms with van der Waals surface area (Å²) in [5, 5.41) is 8.46. The molecule has 0 N–H and O–H groups in total. The van der Waals surface area contributed by atoms with Gasteiger partial charge in [0.2, 0.25) is 0 Å². The van der Waals surface area contributed by atoms with Gasteiger partial charge in [-0.2, -0.15) is 0 Å². The van der Waals surface area contributed by atoms with Crippen LogP contribution in [0.1, 0.15) is 26.4 Å². The largest absolute Gasteiger partial charge is 0.497 e. The SMILES string of the molecule is COc1ccc2c(c1)C(=O)C(=O)N2Cc1cn(CC(=O)c2cc3cc(OC)ccc3oc2=O)nn1. The Morgan fingerprint density at radius 1 is 1.00 bits per heavy atom. The number of amides is 1. The van der Waals surface area contributed by atoms with E-state index in [0.717, 1.165) is 0 Å². The minimum atomic E-state index is -0.763. The number of carbonyl (C=O) groups is 3. The molecule has 1 amide bonds. The van der Waals surface area contributed by atoms with Crippen LogP contribution in [-0.4, -0.2) is 46.7 Å². The van der Waals surface area contributed by atoms with Crippen LogP contribution < -0.4 is 20.0 Å². The standard InChI is InChI=1S/C24H18N4O7/c1-33-15-4-6-21-13(7-15)8-18(24(32)35-21)20(29)12-27-10-14(25-26-27)11-28-19-5-3-16(34-2)9-17(19)22(30)23(28)31/h3-10H,11-12H2,1-2H3. The van der Waals surface area contributed by atoms with Crippen LogP contribution in [0.5, 0.6) is 11.5 Å². The van der Waals surface area contributed by atoms with Crippen molar-refractivity contribution in [3.8, 4) is 11.5 Å². The van der Waals surface area contributed by atoms with Gasteiger partial charge in [-0.05, 0) is 42.5 Å². The molecular weight excluding hydrogens is 456 g/mol. The van der Waals surface area contributed by atoms with Gasteiger partial charge in [0.1, 0.15) is 34.9 Å². The molecule has 1 aliphatic rings. The fourth-order valence-electron chi connectivity index (χ4n) is 3.87. The number of aromatic nitrogens is 3. The number of hydrogen-bond acceptors (Lipinski definition) is 9. The van der Waals surface area contributed by atoms with Crippen LogP contribution in [0.15, 0.2) is 57.9 Å². The van der Waals surface area contributed by atoms with E-state index in [4.69, 9.17) is 13.9 Å². The number of methoxy groups -OCH3 is 2. The lowest BCUT2D eigenvalue weighted by Gasteiger charge is -2.14. The van der Waals surface area contributed by atoms with Crippen molar-refractivity contribution >= 4 is 34.1 Å². The van der Waals surface area contributed by atoms with E-state index in [0.29, 0.717) is 33.8 Å². The Bertz CT molecular complexity index is 1570. The van der Waals surface area contributed by atoms with Gasteiger partial charge in [0.05, 0.1) is 38.2 Å². The molecule has 0 aliphatic carbocycles. The average Bonchev–Trinajstić information content (AvgIpc) is 3.40. The fourth-order valence-corrected chi connectivity index (χ4v) is 3.87. The van der Waals surface area contributed by atoms with Crippen molar-refractivity contribution < 1.29 is 28.3 Å². The summed E-state index contributed by atoms with van der Waals surface area (Å²) in [7, 11) is 2.98. The summed E-state index contributed by atoms with van der Waals surface area (Å²) in [5.74, 6) is -0.831. The molecule has 0 fully saturated rings. The Balaban J connectivity index is 1.35. The molecule has 0 atom stereocenters. The third-order valence-corrected chi connectivity index (χ3v) is 5.63. The Hall–Kier alpha value is -4.80. The van der Waals surface area contributed by atoms with Crippen molar-refractivity contribution in [2.75, 3.05) is 19.1 Å². The van der Waals surface area contributed by atoms with Crippen LogP contribution in [-0.2, 0) is 17.9 Å². The highest BCUT2D eigenvalue weighted by Gasteiger charge is 2.36. The summed E-state index contributed by atoms with van der Waals surface area (Å²) in [5.41, 5.74) is 0.482. The molecule has 0 radical (unpaired) electrons. The van der Waals surface area contributed by atoms with Crippen molar-refractivity contribution in [3.05, 3.63) is 75.9 Å². The zero-order chi connectivity index (χ0) is 24.7. The normalized spacial score (nSPS) is 12.8. The van der Waals surface area contributed by atoms with Gasteiger partial charge in [-0.3, -0.25) is 19.3 Å². The van der Waals surface area contributed by atoms with Crippen molar-refractivity contribution in [1.82, 2.24) is 15.0 Å². The van der Waals surface area contributed by atoms with Crippen LogP contribution >= 0.6 is 0 Å². The van der Waals surface area contributed by atoms with Crippen LogP contribution in [0.25, 0.3) is 11.0 Å². The highest BCUT2D eigenvalue weighted by molar-refractivity contribution is 6.52. The molecule has 0 spiro atoms. The van der Waals surface area contributed by atoms with Crippen molar-refractivity contribution in [2.24, 2.45) is 0 Å². The quantitative estimate of drug-likeness (QED) is 0.224. The van der Waals surface area contributed by atoms with Crippen molar-refractivity contribution in [3.63, 3.8) is 0 Å². The first kappa shape index (κ1) is 22.0.